The fourth-order valence-electron chi connectivity index (χ4n) is 3.72. The van der Waals surface area contributed by atoms with Crippen LogP contribution < -0.4 is 4.74 Å². The molecule has 3 aromatic rings. The van der Waals surface area contributed by atoms with Crippen LogP contribution in [0, 0.1) is 0 Å². The summed E-state index contributed by atoms with van der Waals surface area (Å²) in [6.45, 7) is 5.91. The van der Waals surface area contributed by atoms with Gasteiger partial charge in [-0.2, -0.15) is 0 Å². The highest BCUT2D eigenvalue weighted by Gasteiger charge is 2.17. The van der Waals surface area contributed by atoms with E-state index in [-0.39, 0.29) is 0 Å². The first-order valence-electron chi connectivity index (χ1n) is 9.89. The zero-order valence-corrected chi connectivity index (χ0v) is 16.0. The maximum absolute atomic E-state index is 5.93. The fraction of sp³-hybridized carbons (Fsp3) is 0.280. The Morgan fingerprint density at radius 3 is 1.96 bits per heavy atom. The smallest absolute Gasteiger partial charge is 0.119 e. The van der Waals surface area contributed by atoms with Gasteiger partial charge >= 0.3 is 0 Å². The molecule has 0 aromatic heterocycles. The van der Waals surface area contributed by atoms with E-state index in [1.807, 2.05) is 0 Å². The Kier molecular flexibility index (Phi) is 5.55. The van der Waals surface area contributed by atoms with Crippen molar-refractivity contribution in [1.82, 2.24) is 4.90 Å². The molecule has 27 heavy (non-hydrogen) atoms. The highest BCUT2D eigenvalue weighted by atomic mass is 16.5. The summed E-state index contributed by atoms with van der Waals surface area (Å²) in [7, 11) is 0. The number of nitrogens with zero attached hydrogens (tertiary/aromatic N) is 1. The van der Waals surface area contributed by atoms with Gasteiger partial charge in [0.2, 0.25) is 0 Å². The lowest BCUT2D eigenvalue weighted by atomic mass is 10.1. The normalized spacial score (nSPS) is 13.5. The Morgan fingerprint density at radius 2 is 1.33 bits per heavy atom. The second kappa shape index (κ2) is 8.41. The van der Waals surface area contributed by atoms with Crippen molar-refractivity contribution in [2.75, 3.05) is 0 Å². The van der Waals surface area contributed by atoms with Crippen molar-refractivity contribution in [2.45, 2.75) is 46.0 Å². The molecule has 0 saturated carbocycles. The average Bonchev–Trinajstić information content (AvgIpc) is 3.11. The van der Waals surface area contributed by atoms with E-state index in [1.54, 1.807) is 0 Å². The van der Waals surface area contributed by atoms with E-state index in [9.17, 15) is 0 Å². The van der Waals surface area contributed by atoms with Crippen molar-refractivity contribution in [2.24, 2.45) is 0 Å². The van der Waals surface area contributed by atoms with Crippen molar-refractivity contribution in [3.63, 3.8) is 0 Å². The first-order valence-corrected chi connectivity index (χ1v) is 9.89. The summed E-state index contributed by atoms with van der Waals surface area (Å²) in [5, 5.41) is 0. The van der Waals surface area contributed by atoms with Gasteiger partial charge in [0.1, 0.15) is 12.4 Å². The topological polar surface area (TPSA) is 12.5 Å². The zero-order valence-electron chi connectivity index (χ0n) is 16.0. The Labute approximate surface area is 162 Å². The summed E-state index contributed by atoms with van der Waals surface area (Å²) in [6.07, 6.45) is 2.31. The Hall–Kier alpha value is -2.58. The maximum atomic E-state index is 5.93. The minimum absolute atomic E-state index is 0.614. The Bertz CT molecular complexity index is 843. The van der Waals surface area contributed by atoms with Crippen LogP contribution in [0.15, 0.2) is 72.8 Å². The van der Waals surface area contributed by atoms with Gasteiger partial charge in [0, 0.05) is 19.6 Å². The molecule has 0 amide bonds. The van der Waals surface area contributed by atoms with Crippen LogP contribution >= 0.6 is 0 Å². The van der Waals surface area contributed by atoms with E-state index in [4.69, 9.17) is 4.74 Å². The van der Waals surface area contributed by atoms with Crippen molar-refractivity contribution < 1.29 is 4.74 Å². The molecular weight excluding hydrogens is 330 g/mol. The van der Waals surface area contributed by atoms with Gasteiger partial charge in [-0.25, -0.2) is 0 Å². The lowest BCUT2D eigenvalue weighted by molar-refractivity contribution is 0.275. The Balaban J connectivity index is 1.29. The largest absolute Gasteiger partial charge is 0.489 e. The lowest BCUT2D eigenvalue weighted by Crippen LogP contribution is -2.15. The molecule has 0 spiro atoms. The molecule has 4 rings (SSSR count). The molecule has 3 aromatic carbocycles. The van der Waals surface area contributed by atoms with Gasteiger partial charge < -0.3 is 4.74 Å². The van der Waals surface area contributed by atoms with Gasteiger partial charge in [-0.15, -0.1) is 0 Å². The number of hydrogen-bond acceptors (Lipinski definition) is 2. The third-order valence-electron chi connectivity index (χ3n) is 5.20. The highest BCUT2D eigenvalue weighted by molar-refractivity contribution is 5.31. The van der Waals surface area contributed by atoms with Gasteiger partial charge in [0.25, 0.3) is 0 Å². The molecule has 2 nitrogen and oxygen atoms in total. The minimum atomic E-state index is 0.614. The second-order valence-electron chi connectivity index (χ2n) is 7.41. The van der Waals surface area contributed by atoms with Crippen LogP contribution in [-0.4, -0.2) is 4.90 Å². The number of hydrogen-bond donors (Lipinski definition) is 0. The predicted molar refractivity (Wildman–Crippen MR) is 111 cm³/mol. The van der Waals surface area contributed by atoms with E-state index in [0.717, 1.165) is 31.8 Å². The lowest BCUT2D eigenvalue weighted by Gasteiger charge is -2.15. The number of aryl methyl sites for hydroxylation is 1. The SMILES string of the molecule is CCCc1ccc(OCc2ccc(CN3Cc4ccccc4C3)cc2)cc1. The molecule has 0 N–H and O–H groups in total. The van der Waals surface area contributed by atoms with E-state index in [0.29, 0.717) is 6.61 Å². The maximum Gasteiger partial charge on any atom is 0.119 e. The predicted octanol–water partition coefficient (Wildman–Crippen LogP) is 5.73. The van der Waals surface area contributed by atoms with E-state index in [2.05, 4.69) is 84.6 Å². The van der Waals surface area contributed by atoms with Gasteiger partial charge in [0.15, 0.2) is 0 Å². The number of benzene rings is 3. The first-order chi connectivity index (χ1) is 13.3. The summed E-state index contributed by atoms with van der Waals surface area (Å²) in [5.41, 5.74) is 6.87. The quantitative estimate of drug-likeness (QED) is 0.535. The Morgan fingerprint density at radius 1 is 0.741 bits per heavy atom. The summed E-state index contributed by atoms with van der Waals surface area (Å²) in [6, 6.07) is 26.0. The molecule has 0 fully saturated rings. The molecule has 0 aliphatic carbocycles. The third-order valence-corrected chi connectivity index (χ3v) is 5.20. The van der Waals surface area contributed by atoms with Crippen LogP contribution in [0.5, 0.6) is 5.75 Å². The molecule has 0 unspecified atom stereocenters. The van der Waals surface area contributed by atoms with Gasteiger partial charge in [-0.1, -0.05) is 74.0 Å². The van der Waals surface area contributed by atoms with Gasteiger partial charge in [-0.3, -0.25) is 4.90 Å². The van der Waals surface area contributed by atoms with E-state index >= 15 is 0 Å². The van der Waals surface area contributed by atoms with Crippen LogP contribution in [0.2, 0.25) is 0 Å². The fourth-order valence-corrected chi connectivity index (χ4v) is 3.72. The first kappa shape index (κ1) is 17.8. The van der Waals surface area contributed by atoms with Crippen LogP contribution in [-0.2, 0) is 32.7 Å². The molecule has 0 saturated heterocycles. The van der Waals surface area contributed by atoms with Gasteiger partial charge in [-0.05, 0) is 46.4 Å². The summed E-state index contributed by atoms with van der Waals surface area (Å²) >= 11 is 0. The van der Waals surface area contributed by atoms with Crippen molar-refractivity contribution >= 4 is 0 Å². The van der Waals surface area contributed by atoms with Crippen molar-refractivity contribution in [1.29, 1.82) is 0 Å². The monoisotopic (exact) mass is 357 g/mol. The number of rotatable bonds is 7. The summed E-state index contributed by atoms with van der Waals surface area (Å²) < 4.78 is 5.93. The molecule has 0 atom stereocenters. The van der Waals surface area contributed by atoms with Crippen molar-refractivity contribution in [3.8, 4) is 5.75 Å². The van der Waals surface area contributed by atoms with Crippen LogP contribution in [0.3, 0.4) is 0 Å². The molecule has 1 aliphatic heterocycles. The molecule has 0 radical (unpaired) electrons. The minimum Gasteiger partial charge on any atom is -0.489 e. The molecular formula is C25H27NO. The third kappa shape index (κ3) is 4.58. The molecule has 2 heteroatoms. The average molecular weight is 357 g/mol. The summed E-state index contributed by atoms with van der Waals surface area (Å²) in [5.74, 6) is 0.939. The zero-order chi connectivity index (χ0) is 18.5. The number of ether oxygens (including phenoxy) is 1. The van der Waals surface area contributed by atoms with Crippen molar-refractivity contribution in [3.05, 3.63) is 101 Å². The number of fused-ring (bicyclic) bond motifs is 1. The second-order valence-corrected chi connectivity index (χ2v) is 7.41. The molecule has 138 valence electrons. The van der Waals surface area contributed by atoms with E-state index in [1.165, 1.54) is 34.2 Å². The van der Waals surface area contributed by atoms with Crippen LogP contribution in [0.1, 0.15) is 41.2 Å². The standard InChI is InChI=1S/C25H27NO/c1-2-5-20-12-14-25(15-13-20)27-19-22-10-8-21(9-11-22)16-26-17-23-6-3-4-7-24(23)18-26/h3-4,6-15H,2,5,16-19H2,1H3. The molecule has 1 heterocycles. The van der Waals surface area contributed by atoms with E-state index < -0.39 is 0 Å². The van der Waals surface area contributed by atoms with Crippen LogP contribution in [0.4, 0.5) is 0 Å². The molecule has 0 bridgehead atoms. The summed E-state index contributed by atoms with van der Waals surface area (Å²) in [4.78, 5) is 2.49. The highest BCUT2D eigenvalue weighted by Crippen LogP contribution is 2.24. The van der Waals surface area contributed by atoms with Gasteiger partial charge in [0.05, 0.1) is 0 Å². The molecule has 1 aliphatic rings. The van der Waals surface area contributed by atoms with Crippen LogP contribution in [0.25, 0.3) is 0 Å².